The molecule has 0 unspecified atom stereocenters. The summed E-state index contributed by atoms with van der Waals surface area (Å²) in [4.78, 5) is 22.0. The average molecular weight is 264 g/mol. The van der Waals surface area contributed by atoms with E-state index < -0.39 is 11.8 Å². The third kappa shape index (κ3) is 2.47. The lowest BCUT2D eigenvalue weighted by atomic mass is 9.84. The van der Waals surface area contributed by atoms with Crippen molar-refractivity contribution in [2.45, 2.75) is 19.3 Å². The van der Waals surface area contributed by atoms with Gasteiger partial charge < -0.3 is 14.8 Å². The lowest BCUT2D eigenvalue weighted by Gasteiger charge is -2.24. The van der Waals surface area contributed by atoms with Gasteiger partial charge in [-0.25, -0.2) is 9.59 Å². The van der Waals surface area contributed by atoms with Gasteiger partial charge in [-0.2, -0.15) is 0 Å². The Hall–Kier alpha value is -2.24. The highest BCUT2D eigenvalue weighted by atomic mass is 16.4. The van der Waals surface area contributed by atoms with Gasteiger partial charge in [-0.05, 0) is 17.7 Å². The SMILES string of the molecule is Cn1c(=O)oc2ccc(C(C)(C)CNC(=O)O)cc21. The van der Waals surface area contributed by atoms with Crippen molar-refractivity contribution in [1.29, 1.82) is 0 Å². The number of amides is 1. The van der Waals surface area contributed by atoms with E-state index in [1.807, 2.05) is 26.0 Å². The van der Waals surface area contributed by atoms with Crippen LogP contribution in [0.15, 0.2) is 27.4 Å². The summed E-state index contributed by atoms with van der Waals surface area (Å²) in [5, 5.41) is 11.0. The maximum Gasteiger partial charge on any atom is 0.419 e. The number of nitrogens with one attached hydrogen (secondary N) is 1. The van der Waals surface area contributed by atoms with E-state index >= 15 is 0 Å². The second-order valence-corrected chi connectivity index (χ2v) is 5.15. The molecule has 6 nitrogen and oxygen atoms in total. The van der Waals surface area contributed by atoms with Crippen LogP contribution in [0, 0.1) is 0 Å². The van der Waals surface area contributed by atoms with Crippen molar-refractivity contribution in [1.82, 2.24) is 9.88 Å². The maximum atomic E-state index is 11.4. The molecular weight excluding hydrogens is 248 g/mol. The highest BCUT2D eigenvalue weighted by Crippen LogP contribution is 2.25. The Morgan fingerprint density at radius 1 is 1.47 bits per heavy atom. The molecule has 1 heterocycles. The van der Waals surface area contributed by atoms with E-state index in [0.717, 1.165) is 5.56 Å². The number of fused-ring (bicyclic) bond motifs is 1. The molecule has 1 aromatic carbocycles. The van der Waals surface area contributed by atoms with Gasteiger partial charge in [-0.15, -0.1) is 0 Å². The van der Waals surface area contributed by atoms with E-state index in [4.69, 9.17) is 9.52 Å². The predicted molar refractivity (Wildman–Crippen MR) is 70.5 cm³/mol. The molecule has 0 aliphatic heterocycles. The zero-order valence-electron chi connectivity index (χ0n) is 11.1. The fourth-order valence-electron chi connectivity index (χ4n) is 1.95. The molecule has 1 amide bonds. The number of carbonyl (C=O) groups is 1. The van der Waals surface area contributed by atoms with Crippen LogP contribution >= 0.6 is 0 Å². The predicted octanol–water partition coefficient (Wildman–Crippen LogP) is 1.68. The molecular formula is C13H16N2O4. The fraction of sp³-hybridized carbons (Fsp3) is 0.385. The number of benzene rings is 1. The second-order valence-electron chi connectivity index (χ2n) is 5.15. The lowest BCUT2D eigenvalue weighted by molar-refractivity contribution is 0.192. The van der Waals surface area contributed by atoms with Crippen molar-refractivity contribution in [2.24, 2.45) is 7.05 Å². The number of aromatic nitrogens is 1. The molecule has 102 valence electrons. The summed E-state index contributed by atoms with van der Waals surface area (Å²) in [7, 11) is 1.64. The average Bonchev–Trinajstić information content (AvgIpc) is 2.63. The first-order valence-electron chi connectivity index (χ1n) is 5.88. The molecule has 0 spiro atoms. The zero-order valence-corrected chi connectivity index (χ0v) is 11.1. The van der Waals surface area contributed by atoms with Crippen molar-refractivity contribution in [2.75, 3.05) is 6.54 Å². The minimum absolute atomic E-state index is 0.291. The van der Waals surface area contributed by atoms with Crippen LogP contribution in [0.25, 0.3) is 11.1 Å². The van der Waals surface area contributed by atoms with Crippen molar-refractivity contribution >= 4 is 17.2 Å². The fourth-order valence-corrected chi connectivity index (χ4v) is 1.95. The smallest absolute Gasteiger partial charge is 0.419 e. The molecule has 0 saturated carbocycles. The highest BCUT2D eigenvalue weighted by Gasteiger charge is 2.22. The quantitative estimate of drug-likeness (QED) is 0.883. The minimum atomic E-state index is -1.05. The van der Waals surface area contributed by atoms with Crippen molar-refractivity contribution in [3.05, 3.63) is 34.3 Å². The van der Waals surface area contributed by atoms with Crippen LogP contribution < -0.4 is 11.1 Å². The van der Waals surface area contributed by atoms with E-state index in [1.54, 1.807) is 13.1 Å². The summed E-state index contributed by atoms with van der Waals surface area (Å²) in [6, 6.07) is 5.42. The van der Waals surface area contributed by atoms with E-state index in [9.17, 15) is 9.59 Å². The molecule has 0 radical (unpaired) electrons. The van der Waals surface area contributed by atoms with Gasteiger partial charge in [-0.3, -0.25) is 4.57 Å². The Kier molecular flexibility index (Phi) is 3.09. The molecule has 0 saturated heterocycles. The number of carboxylic acid groups (broad SMARTS) is 1. The monoisotopic (exact) mass is 264 g/mol. The molecule has 2 aromatic rings. The molecule has 0 aliphatic rings. The number of aryl methyl sites for hydroxylation is 1. The molecule has 2 rings (SSSR count). The van der Waals surface area contributed by atoms with Crippen LogP contribution in [0.5, 0.6) is 0 Å². The molecule has 19 heavy (non-hydrogen) atoms. The van der Waals surface area contributed by atoms with Crippen LogP contribution in [0.1, 0.15) is 19.4 Å². The van der Waals surface area contributed by atoms with Crippen LogP contribution in [-0.4, -0.2) is 22.3 Å². The Balaban J connectivity index is 2.42. The standard InChI is InChI=1S/C13H16N2O4/c1-13(2,7-14-11(16)17)8-4-5-10-9(6-8)15(3)12(18)19-10/h4-6,14H,7H2,1-3H3,(H,16,17). The van der Waals surface area contributed by atoms with E-state index in [0.29, 0.717) is 17.6 Å². The molecule has 6 heteroatoms. The Morgan fingerprint density at radius 3 is 2.79 bits per heavy atom. The zero-order chi connectivity index (χ0) is 14.2. The normalized spacial score (nSPS) is 11.7. The van der Waals surface area contributed by atoms with Crippen LogP contribution in [-0.2, 0) is 12.5 Å². The van der Waals surface area contributed by atoms with Gasteiger partial charge in [0.15, 0.2) is 5.58 Å². The van der Waals surface area contributed by atoms with E-state index in [1.165, 1.54) is 4.57 Å². The van der Waals surface area contributed by atoms with Crippen LogP contribution in [0.3, 0.4) is 0 Å². The van der Waals surface area contributed by atoms with Gasteiger partial charge in [-0.1, -0.05) is 19.9 Å². The molecule has 2 N–H and O–H groups in total. The summed E-state index contributed by atoms with van der Waals surface area (Å²) in [6.07, 6.45) is -1.05. The first-order chi connectivity index (χ1) is 8.81. The highest BCUT2D eigenvalue weighted by molar-refractivity contribution is 5.74. The molecule has 0 bridgehead atoms. The topological polar surface area (TPSA) is 84.5 Å². The largest absolute Gasteiger partial charge is 0.465 e. The van der Waals surface area contributed by atoms with Gasteiger partial charge in [0.05, 0.1) is 5.52 Å². The van der Waals surface area contributed by atoms with Crippen LogP contribution in [0.2, 0.25) is 0 Å². The number of oxazole rings is 1. The first-order valence-corrected chi connectivity index (χ1v) is 5.88. The summed E-state index contributed by atoms with van der Waals surface area (Å²) < 4.78 is 6.49. The second kappa shape index (κ2) is 4.46. The third-order valence-corrected chi connectivity index (χ3v) is 3.25. The van der Waals surface area contributed by atoms with Gasteiger partial charge in [0.1, 0.15) is 0 Å². The van der Waals surface area contributed by atoms with Gasteiger partial charge in [0.2, 0.25) is 0 Å². The van der Waals surface area contributed by atoms with Crippen molar-refractivity contribution in [3.8, 4) is 0 Å². The Morgan fingerprint density at radius 2 is 2.16 bits per heavy atom. The Bertz CT molecular complexity index is 681. The maximum absolute atomic E-state index is 11.4. The lowest BCUT2D eigenvalue weighted by Crippen LogP contribution is -2.35. The van der Waals surface area contributed by atoms with Gasteiger partial charge in [0, 0.05) is 19.0 Å². The number of hydrogen-bond acceptors (Lipinski definition) is 3. The van der Waals surface area contributed by atoms with E-state index in [2.05, 4.69) is 5.32 Å². The third-order valence-electron chi connectivity index (χ3n) is 3.25. The summed E-state index contributed by atoms with van der Waals surface area (Å²) in [6.45, 7) is 4.16. The van der Waals surface area contributed by atoms with Gasteiger partial charge >= 0.3 is 11.8 Å². The minimum Gasteiger partial charge on any atom is -0.465 e. The summed E-state index contributed by atoms with van der Waals surface area (Å²) in [5.41, 5.74) is 1.79. The Labute approximate surface area is 109 Å². The van der Waals surface area contributed by atoms with Crippen molar-refractivity contribution in [3.63, 3.8) is 0 Å². The number of nitrogens with zero attached hydrogens (tertiary/aromatic N) is 1. The molecule has 0 fully saturated rings. The summed E-state index contributed by atoms with van der Waals surface area (Å²) in [5.74, 6) is -0.409. The molecule has 0 aliphatic carbocycles. The van der Waals surface area contributed by atoms with E-state index in [-0.39, 0.29) is 5.41 Å². The number of rotatable bonds is 3. The van der Waals surface area contributed by atoms with Gasteiger partial charge in [0.25, 0.3) is 0 Å². The summed E-state index contributed by atoms with van der Waals surface area (Å²) >= 11 is 0. The number of hydrogen-bond donors (Lipinski definition) is 2. The van der Waals surface area contributed by atoms with Crippen molar-refractivity contribution < 1.29 is 14.3 Å². The molecule has 1 aromatic heterocycles. The molecule has 0 atom stereocenters. The van der Waals surface area contributed by atoms with Crippen LogP contribution in [0.4, 0.5) is 4.79 Å². The first kappa shape index (κ1) is 13.2.